The van der Waals surface area contributed by atoms with Gasteiger partial charge in [0.15, 0.2) is 5.69 Å². The van der Waals surface area contributed by atoms with Crippen LogP contribution in [0.25, 0.3) is 0 Å². The van der Waals surface area contributed by atoms with Crippen LogP contribution < -0.4 is 10.1 Å². The Labute approximate surface area is 207 Å². The van der Waals surface area contributed by atoms with E-state index < -0.39 is 18.4 Å². The maximum Gasteiger partial charge on any atom is 0.290 e. The molecule has 0 bridgehead atoms. The Morgan fingerprint density at radius 2 is 1.63 bits per heavy atom. The second-order valence-corrected chi connectivity index (χ2v) is 7.75. The Kier molecular flexibility index (Phi) is 11.9. The number of rotatable bonds is 6. The summed E-state index contributed by atoms with van der Waals surface area (Å²) in [5.74, 6) is -2.59. The molecule has 2 aromatic carbocycles. The van der Waals surface area contributed by atoms with E-state index in [9.17, 15) is 13.6 Å². The molecule has 3 rings (SSSR count). The molecule has 0 saturated carbocycles. The van der Waals surface area contributed by atoms with Crippen LogP contribution in [0, 0.1) is 34.6 Å². The lowest BCUT2D eigenvalue weighted by molar-refractivity contribution is -0.00313. The third-order valence-electron chi connectivity index (χ3n) is 4.72. The Morgan fingerprint density at radius 1 is 0.971 bits per heavy atom. The van der Waals surface area contributed by atoms with Crippen molar-refractivity contribution in [2.45, 2.75) is 61.3 Å². The zero-order chi connectivity index (χ0) is 26.6. The van der Waals surface area contributed by atoms with Crippen molar-refractivity contribution in [1.82, 2.24) is 20.5 Å². The molecule has 3 aromatic rings. The molecule has 0 saturated heterocycles. The average Bonchev–Trinajstić information content (AvgIpc) is 2.81. The molecule has 190 valence electrons. The van der Waals surface area contributed by atoms with E-state index in [0.29, 0.717) is 17.1 Å². The third-order valence-corrected chi connectivity index (χ3v) is 4.72. The van der Waals surface area contributed by atoms with Crippen LogP contribution in [0.1, 0.15) is 65.0 Å². The van der Waals surface area contributed by atoms with Gasteiger partial charge in [-0.05, 0) is 64.8 Å². The summed E-state index contributed by atoms with van der Waals surface area (Å²) in [6.45, 7) is 14.6. The van der Waals surface area contributed by atoms with Gasteiger partial charge in [-0.15, -0.1) is 5.10 Å². The highest BCUT2D eigenvalue weighted by atomic mass is 19.3. The van der Waals surface area contributed by atoms with Gasteiger partial charge in [0, 0.05) is 5.56 Å². The topological polar surface area (TPSA) is 77.0 Å². The van der Waals surface area contributed by atoms with Gasteiger partial charge in [-0.2, -0.15) is 13.9 Å². The second kappa shape index (κ2) is 14.1. The molecule has 0 atom stereocenters. The van der Waals surface area contributed by atoms with Crippen LogP contribution in [0.2, 0.25) is 0 Å². The number of carbonyl (C=O) groups excluding carboxylic acids is 1. The lowest BCUT2D eigenvalue weighted by atomic mass is 10.0. The molecule has 0 aliphatic rings. The number of nitrogens with one attached hydrogen (secondary N) is 1. The summed E-state index contributed by atoms with van der Waals surface area (Å²) < 4.78 is 34.0. The first-order valence-corrected chi connectivity index (χ1v) is 11.6. The number of ether oxygens (including phenoxy) is 1. The standard InChI is InChI=1S/C16H18F2N4O.C9H12O.C2H6/c1-9-5-6-13(10(2)7-9)16(17,18)8-19-15(23)14-11(3)21-22-12(4)20-14;1-3-10-9-6-4-5-8(2)7-9;1-2/h5-7H,8H2,1-4H3,(H,19,23);4-7H,3H2,1-2H3;1-2H3. The van der Waals surface area contributed by atoms with Crippen LogP contribution in [0.4, 0.5) is 8.78 Å². The first-order chi connectivity index (χ1) is 16.5. The molecule has 0 unspecified atom stereocenters. The van der Waals surface area contributed by atoms with Crippen molar-refractivity contribution in [3.63, 3.8) is 0 Å². The lowest BCUT2D eigenvalue weighted by Crippen LogP contribution is -2.36. The van der Waals surface area contributed by atoms with Crippen LogP contribution >= 0.6 is 0 Å². The van der Waals surface area contributed by atoms with Crippen LogP contribution in [0.3, 0.4) is 0 Å². The fourth-order valence-electron chi connectivity index (χ4n) is 3.14. The zero-order valence-corrected chi connectivity index (χ0v) is 21.9. The molecule has 1 amide bonds. The largest absolute Gasteiger partial charge is 0.494 e. The number of carbonyl (C=O) groups is 1. The number of aryl methyl sites for hydroxylation is 5. The van der Waals surface area contributed by atoms with E-state index in [1.54, 1.807) is 32.9 Å². The number of nitrogens with zero attached hydrogens (tertiary/aromatic N) is 3. The fraction of sp³-hybridized carbons (Fsp3) is 0.407. The van der Waals surface area contributed by atoms with E-state index in [0.717, 1.165) is 17.9 Å². The van der Waals surface area contributed by atoms with E-state index in [4.69, 9.17) is 4.74 Å². The number of aromatic nitrogens is 3. The number of benzene rings is 2. The van der Waals surface area contributed by atoms with Gasteiger partial charge in [0.2, 0.25) is 0 Å². The predicted octanol–water partition coefficient (Wildman–Crippen LogP) is 6.05. The summed E-state index contributed by atoms with van der Waals surface area (Å²) in [6.07, 6.45) is 0. The maximum absolute atomic E-state index is 14.3. The van der Waals surface area contributed by atoms with Crippen molar-refractivity contribution < 1.29 is 18.3 Å². The Balaban J connectivity index is 0.000000425. The number of amides is 1. The third kappa shape index (κ3) is 9.39. The van der Waals surface area contributed by atoms with E-state index in [1.165, 1.54) is 11.6 Å². The Bertz CT molecular complexity index is 1100. The molecule has 1 heterocycles. The summed E-state index contributed by atoms with van der Waals surface area (Å²) in [5, 5.41) is 9.70. The van der Waals surface area contributed by atoms with Crippen LogP contribution in [0.5, 0.6) is 5.75 Å². The van der Waals surface area contributed by atoms with Gasteiger partial charge in [-0.25, -0.2) is 4.98 Å². The average molecular weight is 487 g/mol. The first-order valence-electron chi connectivity index (χ1n) is 11.6. The summed E-state index contributed by atoms with van der Waals surface area (Å²) in [6, 6.07) is 12.8. The number of hydrogen-bond acceptors (Lipinski definition) is 5. The SMILES string of the molecule is CC.CCOc1cccc(C)c1.Cc1ccc(C(F)(F)CNC(=O)c2nc(C)nnc2C)c(C)c1. The number of alkyl halides is 2. The van der Waals surface area contributed by atoms with E-state index >= 15 is 0 Å². The van der Waals surface area contributed by atoms with Gasteiger partial charge in [-0.3, -0.25) is 4.79 Å². The van der Waals surface area contributed by atoms with Crippen molar-refractivity contribution in [3.05, 3.63) is 81.9 Å². The Morgan fingerprint density at radius 3 is 2.23 bits per heavy atom. The van der Waals surface area contributed by atoms with Crippen LogP contribution in [-0.2, 0) is 5.92 Å². The van der Waals surface area contributed by atoms with Crippen molar-refractivity contribution in [1.29, 1.82) is 0 Å². The molecule has 0 spiro atoms. The van der Waals surface area contributed by atoms with E-state index in [1.807, 2.05) is 45.9 Å². The van der Waals surface area contributed by atoms with Crippen molar-refractivity contribution in [2.75, 3.05) is 13.2 Å². The molecule has 6 nitrogen and oxygen atoms in total. The van der Waals surface area contributed by atoms with Gasteiger partial charge in [0.25, 0.3) is 11.8 Å². The predicted molar refractivity (Wildman–Crippen MR) is 135 cm³/mol. The molecular formula is C27H36F2N4O2. The first kappa shape index (κ1) is 29.6. The highest BCUT2D eigenvalue weighted by Crippen LogP contribution is 2.30. The molecule has 1 N–H and O–H groups in total. The highest BCUT2D eigenvalue weighted by Gasteiger charge is 2.34. The minimum Gasteiger partial charge on any atom is -0.494 e. The van der Waals surface area contributed by atoms with Gasteiger partial charge >= 0.3 is 0 Å². The lowest BCUT2D eigenvalue weighted by Gasteiger charge is -2.20. The van der Waals surface area contributed by atoms with Crippen molar-refractivity contribution >= 4 is 5.91 Å². The number of halogens is 2. The summed E-state index contributed by atoms with van der Waals surface area (Å²) in [5.41, 5.74) is 2.84. The molecule has 0 aliphatic heterocycles. The molecule has 1 aromatic heterocycles. The van der Waals surface area contributed by atoms with E-state index in [-0.39, 0.29) is 11.3 Å². The normalized spacial score (nSPS) is 10.3. The van der Waals surface area contributed by atoms with Gasteiger partial charge in [-0.1, -0.05) is 49.7 Å². The maximum atomic E-state index is 14.3. The van der Waals surface area contributed by atoms with E-state index in [2.05, 4.69) is 33.5 Å². The van der Waals surface area contributed by atoms with Crippen molar-refractivity contribution in [2.24, 2.45) is 0 Å². The summed E-state index contributed by atoms with van der Waals surface area (Å²) in [4.78, 5) is 16.0. The smallest absolute Gasteiger partial charge is 0.290 e. The van der Waals surface area contributed by atoms with Gasteiger partial charge in [0.1, 0.15) is 11.6 Å². The fourth-order valence-corrected chi connectivity index (χ4v) is 3.14. The zero-order valence-electron chi connectivity index (χ0n) is 21.9. The molecular weight excluding hydrogens is 450 g/mol. The minimum absolute atomic E-state index is 0.00827. The minimum atomic E-state index is -3.17. The number of hydrogen-bond donors (Lipinski definition) is 1. The molecule has 8 heteroatoms. The second-order valence-electron chi connectivity index (χ2n) is 7.75. The quantitative estimate of drug-likeness (QED) is 0.459. The van der Waals surface area contributed by atoms with Crippen LogP contribution in [0.15, 0.2) is 42.5 Å². The van der Waals surface area contributed by atoms with Gasteiger partial charge in [0.05, 0.1) is 18.8 Å². The molecule has 0 aliphatic carbocycles. The van der Waals surface area contributed by atoms with Crippen LogP contribution in [-0.4, -0.2) is 34.2 Å². The summed E-state index contributed by atoms with van der Waals surface area (Å²) >= 11 is 0. The molecule has 0 fully saturated rings. The highest BCUT2D eigenvalue weighted by molar-refractivity contribution is 5.93. The molecule has 35 heavy (non-hydrogen) atoms. The molecule has 0 radical (unpaired) electrons. The van der Waals surface area contributed by atoms with Gasteiger partial charge < -0.3 is 10.1 Å². The van der Waals surface area contributed by atoms with Crippen molar-refractivity contribution in [3.8, 4) is 5.75 Å². The Hall–Kier alpha value is -3.42. The summed E-state index contributed by atoms with van der Waals surface area (Å²) in [7, 11) is 0. The monoisotopic (exact) mass is 486 g/mol.